The molecule has 1 atom stereocenters. The fourth-order valence-electron chi connectivity index (χ4n) is 3.19. The number of hydrogen-bond donors (Lipinski definition) is 0. The van der Waals surface area contributed by atoms with Gasteiger partial charge >= 0.3 is 6.09 Å². The summed E-state index contributed by atoms with van der Waals surface area (Å²) in [6, 6.07) is 8.04. The number of rotatable bonds is 2. The lowest BCUT2D eigenvalue weighted by Crippen LogP contribution is -2.43. The van der Waals surface area contributed by atoms with E-state index in [0.717, 1.165) is 24.0 Å². The van der Waals surface area contributed by atoms with Gasteiger partial charge in [-0.2, -0.15) is 0 Å². The van der Waals surface area contributed by atoms with Crippen molar-refractivity contribution in [3.05, 3.63) is 56.2 Å². The number of aryl methyl sites for hydroxylation is 1. The predicted octanol–water partition coefficient (Wildman–Crippen LogP) is 5.85. The van der Waals surface area contributed by atoms with Gasteiger partial charge in [0.2, 0.25) is 0 Å². The van der Waals surface area contributed by atoms with Crippen LogP contribution in [0.1, 0.15) is 55.3 Å². The van der Waals surface area contributed by atoms with E-state index >= 15 is 0 Å². The molecule has 1 aliphatic rings. The normalized spacial score (nSPS) is 17.3. The van der Waals surface area contributed by atoms with Crippen molar-refractivity contribution in [1.82, 2.24) is 4.90 Å². The number of halogens is 1. The number of ether oxygens (including phenoxy) is 1. The Labute approximate surface area is 158 Å². The molecule has 0 radical (unpaired) electrons. The van der Waals surface area contributed by atoms with Gasteiger partial charge in [0, 0.05) is 16.4 Å². The quantitative estimate of drug-likeness (QED) is 0.657. The highest BCUT2D eigenvalue weighted by molar-refractivity contribution is 7.10. The average Bonchev–Trinajstić information content (AvgIpc) is 3.00. The predicted molar refractivity (Wildman–Crippen MR) is 104 cm³/mol. The van der Waals surface area contributed by atoms with Gasteiger partial charge in [-0.3, -0.25) is 4.90 Å². The van der Waals surface area contributed by atoms with Crippen LogP contribution in [0.3, 0.4) is 0 Å². The number of amides is 1. The van der Waals surface area contributed by atoms with Crippen molar-refractivity contribution in [2.45, 2.75) is 52.2 Å². The SMILES string of the molecule is CCc1cc(C2c3cc(Cl)ccc3CCN2C(=O)OC(C)(C)C)cs1. The lowest BCUT2D eigenvalue weighted by atomic mass is 9.89. The lowest BCUT2D eigenvalue weighted by molar-refractivity contribution is 0.0178. The molecule has 1 aliphatic heterocycles. The minimum Gasteiger partial charge on any atom is -0.444 e. The van der Waals surface area contributed by atoms with Crippen molar-refractivity contribution in [2.24, 2.45) is 0 Å². The van der Waals surface area contributed by atoms with Crippen LogP contribution in [0.15, 0.2) is 29.6 Å². The zero-order valence-corrected chi connectivity index (χ0v) is 16.7. The van der Waals surface area contributed by atoms with E-state index in [2.05, 4.69) is 24.4 Å². The minimum atomic E-state index is -0.514. The number of thiophene rings is 1. The molecule has 3 nitrogen and oxygen atoms in total. The summed E-state index contributed by atoms with van der Waals surface area (Å²) in [4.78, 5) is 16.0. The number of nitrogens with zero attached hydrogens (tertiary/aromatic N) is 1. The van der Waals surface area contributed by atoms with Crippen LogP contribution in [0.4, 0.5) is 4.79 Å². The Bertz CT molecular complexity index is 778. The van der Waals surface area contributed by atoms with E-state index in [1.807, 2.05) is 37.8 Å². The van der Waals surface area contributed by atoms with Gasteiger partial charge in [-0.25, -0.2) is 4.79 Å². The Morgan fingerprint density at radius 1 is 1.36 bits per heavy atom. The summed E-state index contributed by atoms with van der Waals surface area (Å²) in [7, 11) is 0. The number of benzene rings is 1. The van der Waals surface area contributed by atoms with Crippen LogP contribution in [0.5, 0.6) is 0 Å². The summed E-state index contributed by atoms with van der Waals surface area (Å²) in [5.74, 6) is 0. The molecule has 0 saturated heterocycles. The maximum absolute atomic E-state index is 12.8. The summed E-state index contributed by atoms with van der Waals surface area (Å²) < 4.78 is 5.66. The number of hydrogen-bond acceptors (Lipinski definition) is 3. The van der Waals surface area contributed by atoms with Crippen LogP contribution in [-0.4, -0.2) is 23.1 Å². The van der Waals surface area contributed by atoms with Gasteiger partial charge in [0.05, 0.1) is 6.04 Å². The molecule has 0 aliphatic carbocycles. The van der Waals surface area contributed by atoms with Gasteiger partial charge in [0.1, 0.15) is 5.60 Å². The van der Waals surface area contributed by atoms with Crippen LogP contribution in [0, 0.1) is 0 Å². The molecule has 0 spiro atoms. The minimum absolute atomic E-state index is 0.145. The topological polar surface area (TPSA) is 29.5 Å². The summed E-state index contributed by atoms with van der Waals surface area (Å²) in [5.41, 5.74) is 2.97. The monoisotopic (exact) mass is 377 g/mol. The van der Waals surface area contributed by atoms with E-state index in [1.165, 1.54) is 10.4 Å². The fourth-order valence-corrected chi connectivity index (χ4v) is 4.22. The zero-order chi connectivity index (χ0) is 18.2. The highest BCUT2D eigenvalue weighted by atomic mass is 35.5. The van der Waals surface area contributed by atoms with Gasteiger partial charge in [-0.05, 0) is 73.9 Å². The Morgan fingerprint density at radius 2 is 2.12 bits per heavy atom. The van der Waals surface area contributed by atoms with Gasteiger partial charge in [0.25, 0.3) is 0 Å². The maximum Gasteiger partial charge on any atom is 0.411 e. The molecule has 3 rings (SSSR count). The van der Waals surface area contributed by atoms with Crippen LogP contribution in [0.25, 0.3) is 0 Å². The first-order valence-corrected chi connectivity index (χ1v) is 9.89. The Balaban J connectivity index is 2.04. The first-order valence-electron chi connectivity index (χ1n) is 8.63. The number of fused-ring (bicyclic) bond motifs is 1. The van der Waals surface area contributed by atoms with Crippen molar-refractivity contribution in [1.29, 1.82) is 0 Å². The molecule has 5 heteroatoms. The molecule has 0 fully saturated rings. The third-order valence-electron chi connectivity index (χ3n) is 4.30. The van der Waals surface area contributed by atoms with Crippen molar-refractivity contribution in [2.75, 3.05) is 6.54 Å². The van der Waals surface area contributed by atoms with E-state index in [0.29, 0.717) is 11.6 Å². The second-order valence-corrected chi connectivity index (χ2v) is 8.80. The van der Waals surface area contributed by atoms with Crippen LogP contribution < -0.4 is 0 Å². The Kier molecular flexibility index (Phi) is 5.12. The van der Waals surface area contributed by atoms with Crippen LogP contribution in [-0.2, 0) is 17.6 Å². The first-order chi connectivity index (χ1) is 11.8. The Hall–Kier alpha value is -1.52. The van der Waals surface area contributed by atoms with Crippen molar-refractivity contribution in [3.8, 4) is 0 Å². The molecule has 1 amide bonds. The first kappa shape index (κ1) is 18.3. The smallest absolute Gasteiger partial charge is 0.411 e. The lowest BCUT2D eigenvalue weighted by Gasteiger charge is -2.38. The molecule has 25 heavy (non-hydrogen) atoms. The molecule has 1 aromatic heterocycles. The maximum atomic E-state index is 12.8. The summed E-state index contributed by atoms with van der Waals surface area (Å²) >= 11 is 8.00. The van der Waals surface area contributed by atoms with Crippen molar-refractivity contribution >= 4 is 29.0 Å². The third-order valence-corrected chi connectivity index (χ3v) is 5.64. The molecule has 0 bridgehead atoms. The largest absolute Gasteiger partial charge is 0.444 e. The van der Waals surface area contributed by atoms with Gasteiger partial charge < -0.3 is 4.74 Å². The molecule has 2 heterocycles. The van der Waals surface area contributed by atoms with Crippen LogP contribution >= 0.6 is 22.9 Å². The van der Waals surface area contributed by atoms with E-state index in [4.69, 9.17) is 16.3 Å². The van der Waals surface area contributed by atoms with Gasteiger partial charge in [0.15, 0.2) is 0 Å². The summed E-state index contributed by atoms with van der Waals surface area (Å²) in [5, 5.41) is 2.84. The van der Waals surface area contributed by atoms with E-state index in [9.17, 15) is 4.79 Å². The molecular formula is C20H24ClNO2S. The Morgan fingerprint density at radius 3 is 2.76 bits per heavy atom. The second kappa shape index (κ2) is 7.00. The highest BCUT2D eigenvalue weighted by Gasteiger charge is 2.35. The van der Waals surface area contributed by atoms with Gasteiger partial charge in [-0.15, -0.1) is 11.3 Å². The van der Waals surface area contributed by atoms with Crippen LogP contribution in [0.2, 0.25) is 5.02 Å². The highest BCUT2D eigenvalue weighted by Crippen LogP contribution is 2.39. The van der Waals surface area contributed by atoms with E-state index in [1.54, 1.807) is 11.3 Å². The van der Waals surface area contributed by atoms with E-state index in [-0.39, 0.29) is 12.1 Å². The number of carbonyl (C=O) groups is 1. The number of carbonyl (C=O) groups excluding carboxylic acids is 1. The molecular weight excluding hydrogens is 354 g/mol. The molecule has 0 N–H and O–H groups in total. The molecule has 1 unspecified atom stereocenters. The third kappa shape index (κ3) is 4.01. The zero-order valence-electron chi connectivity index (χ0n) is 15.1. The summed E-state index contributed by atoms with van der Waals surface area (Å²) in [6.45, 7) is 8.48. The molecule has 1 aromatic carbocycles. The second-order valence-electron chi connectivity index (χ2n) is 7.37. The summed E-state index contributed by atoms with van der Waals surface area (Å²) in [6.07, 6.45) is 1.53. The molecule has 2 aromatic rings. The molecule has 134 valence electrons. The molecule has 0 saturated carbocycles. The van der Waals surface area contributed by atoms with Crippen molar-refractivity contribution < 1.29 is 9.53 Å². The van der Waals surface area contributed by atoms with Crippen molar-refractivity contribution in [3.63, 3.8) is 0 Å². The standard InChI is InChI=1S/C20H24ClNO2S/c1-5-16-10-14(12-25-16)18-17-11-15(21)7-6-13(17)8-9-22(18)19(23)24-20(2,3)4/h6-7,10-12,18H,5,8-9H2,1-4H3. The van der Waals surface area contributed by atoms with E-state index < -0.39 is 5.60 Å². The van der Waals surface area contributed by atoms with Gasteiger partial charge in [-0.1, -0.05) is 24.6 Å². The fraction of sp³-hybridized carbons (Fsp3) is 0.450. The average molecular weight is 378 g/mol.